The SMILES string of the molecule is CC1CN(C)CCCN1Cc1ccc(C(=O)O)cn1. The first kappa shape index (κ1) is 14.0. The third kappa shape index (κ3) is 3.75. The number of carbonyl (C=O) groups is 1. The number of aromatic carboxylic acids is 1. The van der Waals surface area contributed by atoms with Crippen molar-refractivity contribution >= 4 is 5.97 Å². The zero-order chi connectivity index (χ0) is 13.8. The van der Waals surface area contributed by atoms with Crippen molar-refractivity contribution in [2.45, 2.75) is 25.9 Å². The molecule has 0 radical (unpaired) electrons. The molecule has 19 heavy (non-hydrogen) atoms. The number of likely N-dealkylation sites (N-methyl/N-ethyl adjacent to an activating group) is 1. The van der Waals surface area contributed by atoms with Gasteiger partial charge in [0.2, 0.25) is 0 Å². The first-order chi connectivity index (χ1) is 9.06. The minimum absolute atomic E-state index is 0.243. The molecule has 2 heterocycles. The summed E-state index contributed by atoms with van der Waals surface area (Å²) in [5.41, 5.74) is 1.17. The molecule has 5 nitrogen and oxygen atoms in total. The summed E-state index contributed by atoms with van der Waals surface area (Å²) in [5.74, 6) is -0.927. The second-order valence-electron chi connectivity index (χ2n) is 5.28. The van der Waals surface area contributed by atoms with Gasteiger partial charge in [-0.3, -0.25) is 9.88 Å². The van der Waals surface area contributed by atoms with E-state index < -0.39 is 5.97 Å². The van der Waals surface area contributed by atoms with Crippen LogP contribution in [-0.2, 0) is 6.54 Å². The minimum Gasteiger partial charge on any atom is -0.478 e. The van der Waals surface area contributed by atoms with E-state index in [4.69, 9.17) is 5.11 Å². The summed E-state index contributed by atoms with van der Waals surface area (Å²) >= 11 is 0. The van der Waals surface area contributed by atoms with Gasteiger partial charge in [0.25, 0.3) is 0 Å². The van der Waals surface area contributed by atoms with Crippen LogP contribution >= 0.6 is 0 Å². The van der Waals surface area contributed by atoms with Gasteiger partial charge < -0.3 is 10.0 Å². The highest BCUT2D eigenvalue weighted by atomic mass is 16.4. The number of aromatic nitrogens is 1. The highest BCUT2D eigenvalue weighted by Gasteiger charge is 2.19. The van der Waals surface area contributed by atoms with Gasteiger partial charge in [0, 0.05) is 31.9 Å². The summed E-state index contributed by atoms with van der Waals surface area (Å²) in [6, 6.07) is 3.93. The Morgan fingerprint density at radius 3 is 2.89 bits per heavy atom. The van der Waals surface area contributed by atoms with Crippen LogP contribution in [-0.4, -0.2) is 58.6 Å². The Hall–Kier alpha value is -1.46. The highest BCUT2D eigenvalue weighted by molar-refractivity contribution is 5.87. The average Bonchev–Trinajstić information content (AvgIpc) is 2.52. The molecule has 0 spiro atoms. The lowest BCUT2D eigenvalue weighted by molar-refractivity contribution is 0.0696. The van der Waals surface area contributed by atoms with E-state index >= 15 is 0 Å². The lowest BCUT2D eigenvalue weighted by Crippen LogP contribution is -2.37. The minimum atomic E-state index is -0.927. The zero-order valence-corrected chi connectivity index (χ0v) is 11.5. The Morgan fingerprint density at radius 1 is 1.47 bits per heavy atom. The van der Waals surface area contributed by atoms with Gasteiger partial charge in [0.05, 0.1) is 11.3 Å². The molecule has 1 aliphatic heterocycles. The number of pyridine rings is 1. The highest BCUT2D eigenvalue weighted by Crippen LogP contribution is 2.12. The van der Waals surface area contributed by atoms with Crippen molar-refractivity contribution in [3.05, 3.63) is 29.6 Å². The third-order valence-corrected chi connectivity index (χ3v) is 3.62. The lowest BCUT2D eigenvalue weighted by atomic mass is 10.2. The molecule has 0 aromatic carbocycles. The zero-order valence-electron chi connectivity index (χ0n) is 11.5. The molecular formula is C14H21N3O2. The summed E-state index contributed by atoms with van der Waals surface area (Å²) in [4.78, 5) is 19.8. The number of nitrogens with zero attached hydrogens (tertiary/aromatic N) is 3. The lowest BCUT2D eigenvalue weighted by Gasteiger charge is -2.27. The predicted octanol–water partition coefficient (Wildman–Crippen LogP) is 1.31. The second-order valence-corrected chi connectivity index (χ2v) is 5.28. The molecule has 1 aliphatic rings. The van der Waals surface area contributed by atoms with Crippen LogP contribution in [0.5, 0.6) is 0 Å². The van der Waals surface area contributed by atoms with Gasteiger partial charge in [-0.05, 0) is 39.1 Å². The molecular weight excluding hydrogens is 242 g/mol. The largest absolute Gasteiger partial charge is 0.478 e. The maximum absolute atomic E-state index is 10.8. The Morgan fingerprint density at radius 2 is 2.26 bits per heavy atom. The fraction of sp³-hybridized carbons (Fsp3) is 0.571. The van der Waals surface area contributed by atoms with E-state index in [2.05, 4.69) is 28.8 Å². The van der Waals surface area contributed by atoms with E-state index in [1.807, 2.05) is 6.07 Å². The summed E-state index contributed by atoms with van der Waals surface area (Å²) < 4.78 is 0. The molecule has 5 heteroatoms. The van der Waals surface area contributed by atoms with E-state index in [1.165, 1.54) is 6.20 Å². The Kier molecular flexibility index (Phi) is 4.50. The molecule has 2 rings (SSSR count). The van der Waals surface area contributed by atoms with Crippen LogP contribution in [0.3, 0.4) is 0 Å². The normalized spacial score (nSPS) is 22.1. The van der Waals surface area contributed by atoms with Crippen molar-refractivity contribution in [3.63, 3.8) is 0 Å². The maximum Gasteiger partial charge on any atom is 0.337 e. The summed E-state index contributed by atoms with van der Waals surface area (Å²) in [6.45, 7) is 6.27. The first-order valence-electron chi connectivity index (χ1n) is 6.67. The smallest absolute Gasteiger partial charge is 0.337 e. The van der Waals surface area contributed by atoms with Crippen molar-refractivity contribution < 1.29 is 9.90 Å². The molecule has 1 fully saturated rings. The van der Waals surface area contributed by atoms with Crippen LogP contribution in [0.4, 0.5) is 0 Å². The summed E-state index contributed by atoms with van der Waals surface area (Å²) in [5, 5.41) is 8.85. The third-order valence-electron chi connectivity index (χ3n) is 3.62. The second kappa shape index (κ2) is 6.12. The van der Waals surface area contributed by atoms with E-state index in [1.54, 1.807) is 6.07 Å². The topological polar surface area (TPSA) is 56.7 Å². The molecule has 0 amide bonds. The van der Waals surface area contributed by atoms with E-state index in [0.717, 1.165) is 38.3 Å². The Bertz CT molecular complexity index is 433. The van der Waals surface area contributed by atoms with E-state index in [0.29, 0.717) is 6.04 Å². The van der Waals surface area contributed by atoms with Crippen LogP contribution in [0.15, 0.2) is 18.3 Å². The van der Waals surface area contributed by atoms with Gasteiger partial charge >= 0.3 is 5.97 Å². The van der Waals surface area contributed by atoms with Crippen LogP contribution in [0.25, 0.3) is 0 Å². The van der Waals surface area contributed by atoms with Gasteiger partial charge in [0.15, 0.2) is 0 Å². The van der Waals surface area contributed by atoms with Crippen molar-refractivity contribution in [2.75, 3.05) is 26.7 Å². The number of hydrogen-bond donors (Lipinski definition) is 1. The van der Waals surface area contributed by atoms with E-state index in [9.17, 15) is 4.79 Å². The molecule has 1 N–H and O–H groups in total. The van der Waals surface area contributed by atoms with Gasteiger partial charge in [0.1, 0.15) is 0 Å². The molecule has 0 aliphatic carbocycles. The number of carboxylic acid groups (broad SMARTS) is 1. The van der Waals surface area contributed by atoms with Gasteiger partial charge in [-0.25, -0.2) is 4.79 Å². The number of carboxylic acids is 1. The van der Waals surface area contributed by atoms with Crippen LogP contribution in [0, 0.1) is 0 Å². The van der Waals surface area contributed by atoms with Crippen LogP contribution < -0.4 is 0 Å². The first-order valence-corrected chi connectivity index (χ1v) is 6.67. The molecule has 1 saturated heterocycles. The van der Waals surface area contributed by atoms with Gasteiger partial charge in [-0.15, -0.1) is 0 Å². The fourth-order valence-electron chi connectivity index (χ4n) is 2.51. The number of rotatable bonds is 3. The van der Waals surface area contributed by atoms with E-state index in [-0.39, 0.29) is 5.56 Å². The molecule has 1 aromatic heterocycles. The van der Waals surface area contributed by atoms with Gasteiger partial charge in [-0.1, -0.05) is 0 Å². The molecule has 0 bridgehead atoms. The molecule has 1 atom stereocenters. The van der Waals surface area contributed by atoms with Crippen molar-refractivity contribution in [3.8, 4) is 0 Å². The molecule has 1 aromatic rings. The monoisotopic (exact) mass is 263 g/mol. The predicted molar refractivity (Wildman–Crippen MR) is 73.2 cm³/mol. The average molecular weight is 263 g/mol. The van der Waals surface area contributed by atoms with Crippen molar-refractivity contribution in [2.24, 2.45) is 0 Å². The standard InChI is InChI=1S/C14H21N3O2/c1-11-9-16(2)6-3-7-17(11)10-13-5-4-12(8-15-13)14(18)19/h4-5,8,11H,3,6-7,9-10H2,1-2H3,(H,18,19). The van der Waals surface area contributed by atoms with Crippen molar-refractivity contribution in [1.29, 1.82) is 0 Å². The van der Waals surface area contributed by atoms with Gasteiger partial charge in [-0.2, -0.15) is 0 Å². The Labute approximate surface area is 113 Å². The summed E-state index contributed by atoms with van der Waals surface area (Å²) in [7, 11) is 2.15. The quantitative estimate of drug-likeness (QED) is 0.891. The van der Waals surface area contributed by atoms with Crippen molar-refractivity contribution in [1.82, 2.24) is 14.8 Å². The number of hydrogen-bond acceptors (Lipinski definition) is 4. The van der Waals surface area contributed by atoms with Crippen LogP contribution in [0.1, 0.15) is 29.4 Å². The fourth-order valence-corrected chi connectivity index (χ4v) is 2.51. The molecule has 1 unspecified atom stereocenters. The maximum atomic E-state index is 10.8. The summed E-state index contributed by atoms with van der Waals surface area (Å²) in [6.07, 6.45) is 2.60. The molecule has 104 valence electrons. The Balaban J connectivity index is 2.01. The van der Waals surface area contributed by atoms with Crippen LogP contribution in [0.2, 0.25) is 0 Å². The molecule has 0 saturated carbocycles.